The molecule has 1 heterocycles. The fourth-order valence-corrected chi connectivity index (χ4v) is 1.65. The molecule has 0 aliphatic heterocycles. The molecule has 0 bridgehead atoms. The molecule has 13 heavy (non-hydrogen) atoms. The smallest absolute Gasteiger partial charge is 0.163 e. The highest BCUT2D eigenvalue weighted by Gasteiger charge is 2.05. The molecule has 0 saturated carbocycles. The number of hydrogen-bond acceptors (Lipinski definition) is 3. The van der Waals surface area contributed by atoms with E-state index in [1.807, 2.05) is 31.4 Å². The number of ether oxygens (including phenoxy) is 1. The Balaban J connectivity index is 2.26. The average Bonchev–Trinajstić information content (AvgIpc) is 2.53. The Hall–Kier alpha value is -0.670. The lowest BCUT2D eigenvalue weighted by molar-refractivity contribution is -0.124. The van der Waals surface area contributed by atoms with Crippen LogP contribution in [0.2, 0.25) is 0 Å². The normalized spacial score (nSPS) is 10.7. The van der Waals surface area contributed by atoms with E-state index in [1.54, 1.807) is 11.3 Å². The minimum Gasteiger partial charge on any atom is -0.371 e. The SMILES string of the molecule is CC(C)OCC(=O)Cc1cccs1. The van der Waals surface area contributed by atoms with Crippen LogP contribution in [0.3, 0.4) is 0 Å². The molecule has 1 rings (SSSR count). The minimum absolute atomic E-state index is 0.132. The highest BCUT2D eigenvalue weighted by molar-refractivity contribution is 7.10. The molecule has 0 fully saturated rings. The number of rotatable bonds is 5. The molecule has 3 heteroatoms. The van der Waals surface area contributed by atoms with Crippen LogP contribution in [0.1, 0.15) is 18.7 Å². The molecule has 0 aromatic carbocycles. The third kappa shape index (κ3) is 4.20. The number of carbonyl (C=O) groups excluding carboxylic acids is 1. The summed E-state index contributed by atoms with van der Waals surface area (Å²) in [6.07, 6.45) is 0.636. The van der Waals surface area contributed by atoms with Crippen LogP contribution in [-0.2, 0) is 16.0 Å². The van der Waals surface area contributed by atoms with Crippen LogP contribution in [0.25, 0.3) is 0 Å². The summed E-state index contributed by atoms with van der Waals surface area (Å²) < 4.78 is 5.21. The lowest BCUT2D eigenvalue weighted by Gasteiger charge is -2.05. The lowest BCUT2D eigenvalue weighted by Crippen LogP contribution is -2.14. The van der Waals surface area contributed by atoms with Gasteiger partial charge >= 0.3 is 0 Å². The zero-order valence-electron chi connectivity index (χ0n) is 7.95. The predicted octanol–water partition coefficient (Wildman–Crippen LogP) is 2.28. The topological polar surface area (TPSA) is 26.3 Å². The van der Waals surface area contributed by atoms with E-state index in [4.69, 9.17) is 4.74 Å². The van der Waals surface area contributed by atoms with E-state index >= 15 is 0 Å². The molecule has 0 radical (unpaired) electrons. The quantitative estimate of drug-likeness (QED) is 0.725. The maximum atomic E-state index is 11.3. The summed E-state index contributed by atoms with van der Waals surface area (Å²) >= 11 is 1.61. The van der Waals surface area contributed by atoms with Gasteiger partial charge in [0, 0.05) is 11.3 Å². The highest BCUT2D eigenvalue weighted by atomic mass is 32.1. The van der Waals surface area contributed by atoms with Gasteiger partial charge in [0.1, 0.15) is 6.61 Å². The zero-order valence-corrected chi connectivity index (χ0v) is 8.76. The van der Waals surface area contributed by atoms with Gasteiger partial charge in [0.15, 0.2) is 5.78 Å². The van der Waals surface area contributed by atoms with Crippen LogP contribution < -0.4 is 0 Å². The number of carbonyl (C=O) groups is 1. The Bertz CT molecular complexity index is 252. The van der Waals surface area contributed by atoms with Gasteiger partial charge in [0.05, 0.1) is 6.10 Å². The molecule has 0 unspecified atom stereocenters. The molecule has 0 atom stereocenters. The first-order valence-electron chi connectivity index (χ1n) is 4.34. The van der Waals surface area contributed by atoms with Gasteiger partial charge in [-0.15, -0.1) is 11.3 Å². The largest absolute Gasteiger partial charge is 0.371 e. The van der Waals surface area contributed by atoms with Crippen molar-refractivity contribution in [3.05, 3.63) is 22.4 Å². The van der Waals surface area contributed by atoms with Crippen molar-refractivity contribution in [2.45, 2.75) is 26.4 Å². The van der Waals surface area contributed by atoms with Crippen LogP contribution in [-0.4, -0.2) is 18.5 Å². The molecule has 0 spiro atoms. The Labute approximate surface area is 82.5 Å². The molecule has 0 N–H and O–H groups in total. The molecule has 0 aliphatic carbocycles. The van der Waals surface area contributed by atoms with Crippen molar-refractivity contribution in [2.24, 2.45) is 0 Å². The number of thiophene rings is 1. The van der Waals surface area contributed by atoms with E-state index in [0.717, 1.165) is 4.88 Å². The van der Waals surface area contributed by atoms with E-state index in [1.165, 1.54) is 0 Å². The van der Waals surface area contributed by atoms with Gasteiger partial charge < -0.3 is 4.74 Å². The van der Waals surface area contributed by atoms with E-state index in [9.17, 15) is 4.79 Å². The third-order valence-corrected chi connectivity index (χ3v) is 2.41. The Kier molecular flexibility index (Phi) is 4.12. The summed E-state index contributed by atoms with van der Waals surface area (Å²) in [7, 11) is 0. The molecule has 0 saturated heterocycles. The van der Waals surface area contributed by atoms with Gasteiger partial charge in [0.2, 0.25) is 0 Å². The first-order valence-corrected chi connectivity index (χ1v) is 5.22. The molecule has 1 aromatic heterocycles. The molecule has 0 amide bonds. The second kappa shape index (κ2) is 5.14. The van der Waals surface area contributed by atoms with Crippen molar-refractivity contribution in [2.75, 3.05) is 6.61 Å². The van der Waals surface area contributed by atoms with Crippen molar-refractivity contribution in [3.63, 3.8) is 0 Å². The summed E-state index contributed by atoms with van der Waals surface area (Å²) in [4.78, 5) is 12.4. The van der Waals surface area contributed by atoms with Crippen molar-refractivity contribution in [1.82, 2.24) is 0 Å². The van der Waals surface area contributed by atoms with Gasteiger partial charge in [0.25, 0.3) is 0 Å². The van der Waals surface area contributed by atoms with Crippen LogP contribution in [0.4, 0.5) is 0 Å². The summed E-state index contributed by atoms with van der Waals surface area (Å²) in [5.74, 6) is 0.149. The first-order chi connectivity index (χ1) is 6.18. The number of hydrogen-bond donors (Lipinski definition) is 0. The second-order valence-corrected chi connectivity index (χ2v) is 4.19. The summed E-state index contributed by atoms with van der Waals surface area (Å²) in [6, 6.07) is 3.93. The number of Topliss-reactive ketones (excluding diaryl/α,β-unsaturated/α-hetero) is 1. The van der Waals surface area contributed by atoms with Gasteiger partial charge in [-0.2, -0.15) is 0 Å². The standard InChI is InChI=1S/C10H14O2S/c1-8(2)12-7-9(11)6-10-4-3-5-13-10/h3-5,8H,6-7H2,1-2H3. The Morgan fingerprint density at radius 1 is 1.62 bits per heavy atom. The molecular weight excluding hydrogens is 184 g/mol. The van der Waals surface area contributed by atoms with Crippen LogP contribution in [0.5, 0.6) is 0 Å². The number of ketones is 1. The Morgan fingerprint density at radius 2 is 2.38 bits per heavy atom. The van der Waals surface area contributed by atoms with Crippen LogP contribution >= 0.6 is 11.3 Å². The van der Waals surface area contributed by atoms with Gasteiger partial charge in [-0.3, -0.25) is 4.79 Å². The predicted molar refractivity (Wildman–Crippen MR) is 54.1 cm³/mol. The zero-order chi connectivity index (χ0) is 9.68. The maximum Gasteiger partial charge on any atom is 0.163 e. The van der Waals surface area contributed by atoms with E-state index in [2.05, 4.69) is 0 Å². The van der Waals surface area contributed by atoms with E-state index in [-0.39, 0.29) is 18.5 Å². The van der Waals surface area contributed by atoms with Crippen LogP contribution in [0, 0.1) is 0 Å². The molecule has 1 aromatic rings. The minimum atomic E-state index is 0.132. The van der Waals surface area contributed by atoms with E-state index in [0.29, 0.717) is 6.42 Å². The first kappa shape index (κ1) is 10.4. The third-order valence-electron chi connectivity index (χ3n) is 1.53. The molecule has 0 aliphatic rings. The van der Waals surface area contributed by atoms with Gasteiger partial charge in [-0.1, -0.05) is 6.07 Å². The van der Waals surface area contributed by atoms with Crippen LogP contribution in [0.15, 0.2) is 17.5 Å². The summed E-state index contributed by atoms with van der Waals surface area (Å²) in [5, 5.41) is 1.98. The molecular formula is C10H14O2S. The fourth-order valence-electron chi connectivity index (χ4n) is 0.918. The average molecular weight is 198 g/mol. The molecule has 2 nitrogen and oxygen atoms in total. The van der Waals surface area contributed by atoms with Gasteiger partial charge in [-0.05, 0) is 25.3 Å². The second-order valence-electron chi connectivity index (χ2n) is 3.15. The van der Waals surface area contributed by atoms with E-state index < -0.39 is 0 Å². The maximum absolute atomic E-state index is 11.3. The summed E-state index contributed by atoms with van der Waals surface area (Å²) in [6.45, 7) is 4.09. The monoisotopic (exact) mass is 198 g/mol. The van der Waals surface area contributed by atoms with Gasteiger partial charge in [-0.25, -0.2) is 0 Å². The highest BCUT2D eigenvalue weighted by Crippen LogP contribution is 2.09. The Morgan fingerprint density at radius 3 is 2.92 bits per heavy atom. The fraction of sp³-hybridized carbons (Fsp3) is 0.500. The van der Waals surface area contributed by atoms with Crippen molar-refractivity contribution < 1.29 is 9.53 Å². The lowest BCUT2D eigenvalue weighted by atomic mass is 10.2. The van der Waals surface area contributed by atoms with Crippen molar-refractivity contribution in [1.29, 1.82) is 0 Å². The summed E-state index contributed by atoms with van der Waals surface area (Å²) in [5.41, 5.74) is 0. The molecule has 72 valence electrons. The van der Waals surface area contributed by atoms with Crippen molar-refractivity contribution >= 4 is 17.1 Å². The van der Waals surface area contributed by atoms with Crippen molar-refractivity contribution in [3.8, 4) is 0 Å².